The maximum absolute atomic E-state index is 12.8. The summed E-state index contributed by atoms with van der Waals surface area (Å²) in [4.78, 5) is -0.437. The van der Waals surface area contributed by atoms with E-state index in [-0.39, 0.29) is 20.5 Å². The molecule has 3 nitrogen and oxygen atoms in total. The highest BCUT2D eigenvalue weighted by Crippen LogP contribution is 2.41. The van der Waals surface area contributed by atoms with Crippen LogP contribution in [0.4, 0.5) is 23.2 Å². The van der Waals surface area contributed by atoms with E-state index in [1.807, 2.05) is 0 Å². The van der Waals surface area contributed by atoms with Crippen LogP contribution in [0.3, 0.4) is 0 Å². The molecule has 0 aliphatic carbocycles. The smallest absolute Gasteiger partial charge is 0.280 e. The zero-order valence-electron chi connectivity index (χ0n) is 11.1. The van der Waals surface area contributed by atoms with Gasteiger partial charge in [0, 0.05) is 4.90 Å². The van der Waals surface area contributed by atoms with Crippen LogP contribution >= 0.6 is 23.4 Å². The molecule has 0 spiro atoms. The Morgan fingerprint density at radius 1 is 1.04 bits per heavy atom. The van der Waals surface area contributed by atoms with Gasteiger partial charge in [0.1, 0.15) is 5.82 Å². The van der Waals surface area contributed by atoms with Crippen molar-refractivity contribution in [2.24, 2.45) is 0 Å². The number of hydrogen-bond donors (Lipinski definition) is 1. The highest BCUT2D eigenvalue weighted by atomic mass is 35.5. The fraction of sp³-hybridized carbons (Fsp3) is 0.0769. The van der Waals surface area contributed by atoms with Gasteiger partial charge in [-0.25, -0.2) is 12.8 Å². The minimum absolute atomic E-state index is 0.00847. The second kappa shape index (κ2) is 6.58. The number of benzene rings is 2. The first-order valence-electron chi connectivity index (χ1n) is 5.90. The third kappa shape index (κ3) is 5.02. The van der Waals surface area contributed by atoms with Gasteiger partial charge in [-0.1, -0.05) is 11.6 Å². The molecular weight excluding hydrogens is 378 g/mol. The van der Waals surface area contributed by atoms with Gasteiger partial charge in [0.15, 0.2) is 0 Å². The number of halogens is 5. The maximum atomic E-state index is 12.8. The average molecular weight is 386 g/mol. The first-order valence-corrected chi connectivity index (χ1v) is 8.58. The quantitative estimate of drug-likeness (QED) is 0.602. The van der Waals surface area contributed by atoms with E-state index in [1.54, 1.807) is 0 Å². The fourth-order valence-electron chi connectivity index (χ4n) is 1.60. The highest BCUT2D eigenvalue weighted by molar-refractivity contribution is 8.00. The summed E-state index contributed by atoms with van der Waals surface area (Å²) in [6.07, 6.45) is 0. The molecule has 0 heterocycles. The van der Waals surface area contributed by atoms with Crippen LogP contribution in [-0.4, -0.2) is 13.9 Å². The van der Waals surface area contributed by atoms with Gasteiger partial charge in [-0.15, -0.1) is 0 Å². The van der Waals surface area contributed by atoms with Crippen molar-refractivity contribution in [1.82, 2.24) is 0 Å². The molecule has 2 aromatic carbocycles. The van der Waals surface area contributed by atoms with Crippen LogP contribution in [0.15, 0.2) is 52.3 Å². The van der Waals surface area contributed by atoms with Crippen molar-refractivity contribution in [1.29, 1.82) is 0 Å². The lowest BCUT2D eigenvalue weighted by atomic mass is 10.3. The van der Waals surface area contributed by atoms with Crippen LogP contribution in [0, 0.1) is 5.82 Å². The molecule has 0 aliphatic heterocycles. The molecule has 0 saturated heterocycles. The van der Waals surface area contributed by atoms with Crippen molar-refractivity contribution in [3.63, 3.8) is 0 Å². The summed E-state index contributed by atoms with van der Waals surface area (Å²) in [5.74, 6) is -0.597. The molecule has 0 aromatic heterocycles. The number of thioether (sulfide) groups is 1. The van der Waals surface area contributed by atoms with Crippen LogP contribution in [0.25, 0.3) is 0 Å². The van der Waals surface area contributed by atoms with Crippen LogP contribution < -0.4 is 4.72 Å². The molecule has 2 aromatic rings. The first-order chi connectivity index (χ1) is 10.6. The third-order valence-corrected chi connectivity index (χ3v) is 5.16. The molecule has 0 aliphatic rings. The number of nitrogens with one attached hydrogen (secondary N) is 1. The number of anilines is 1. The van der Waals surface area contributed by atoms with Gasteiger partial charge in [0.25, 0.3) is 10.0 Å². The van der Waals surface area contributed by atoms with Crippen molar-refractivity contribution in [3.05, 3.63) is 53.3 Å². The lowest BCUT2D eigenvalue weighted by molar-refractivity contribution is -0.0328. The summed E-state index contributed by atoms with van der Waals surface area (Å²) in [5.41, 5.74) is -4.51. The van der Waals surface area contributed by atoms with Gasteiger partial charge >= 0.3 is 5.51 Å². The SMILES string of the molecule is O=S(=O)(Nc1ccc(SC(F)(F)F)c(Cl)c1)c1ccc(F)cc1. The first kappa shape index (κ1) is 17.9. The lowest BCUT2D eigenvalue weighted by Gasteiger charge is -2.11. The molecule has 0 bridgehead atoms. The molecule has 124 valence electrons. The second-order valence-electron chi connectivity index (χ2n) is 4.25. The molecule has 0 saturated carbocycles. The van der Waals surface area contributed by atoms with Crippen molar-refractivity contribution < 1.29 is 26.0 Å². The topological polar surface area (TPSA) is 46.2 Å². The largest absolute Gasteiger partial charge is 0.446 e. The summed E-state index contributed by atoms with van der Waals surface area (Å²) in [6, 6.07) is 7.36. The van der Waals surface area contributed by atoms with E-state index in [2.05, 4.69) is 4.72 Å². The van der Waals surface area contributed by atoms with E-state index < -0.39 is 33.1 Å². The summed E-state index contributed by atoms with van der Waals surface area (Å²) >= 11 is 5.33. The van der Waals surface area contributed by atoms with E-state index in [4.69, 9.17) is 11.6 Å². The van der Waals surface area contributed by atoms with Gasteiger partial charge in [0.2, 0.25) is 0 Å². The van der Waals surface area contributed by atoms with Crippen molar-refractivity contribution in [2.75, 3.05) is 4.72 Å². The van der Waals surface area contributed by atoms with Gasteiger partial charge < -0.3 is 0 Å². The van der Waals surface area contributed by atoms with E-state index >= 15 is 0 Å². The van der Waals surface area contributed by atoms with Crippen molar-refractivity contribution >= 4 is 39.1 Å². The fourth-order valence-corrected chi connectivity index (χ4v) is 3.49. The number of hydrogen-bond acceptors (Lipinski definition) is 3. The average Bonchev–Trinajstić information content (AvgIpc) is 2.41. The zero-order valence-corrected chi connectivity index (χ0v) is 13.5. The normalized spacial score (nSPS) is 12.2. The summed E-state index contributed by atoms with van der Waals surface area (Å²) in [5, 5.41) is -0.244. The van der Waals surface area contributed by atoms with Crippen LogP contribution in [0.5, 0.6) is 0 Å². The van der Waals surface area contributed by atoms with Crippen LogP contribution in [0.1, 0.15) is 0 Å². The number of sulfonamides is 1. The maximum Gasteiger partial charge on any atom is 0.446 e. The Labute approximate surface area is 138 Å². The molecule has 0 unspecified atom stereocenters. The van der Waals surface area contributed by atoms with Crippen LogP contribution in [0.2, 0.25) is 5.02 Å². The molecule has 1 N–H and O–H groups in total. The van der Waals surface area contributed by atoms with Crippen molar-refractivity contribution in [3.8, 4) is 0 Å². The molecular formula is C13H8ClF4NO2S2. The summed E-state index contributed by atoms with van der Waals surface area (Å²) < 4.78 is 76.0. The van der Waals surface area contributed by atoms with Crippen LogP contribution in [-0.2, 0) is 10.0 Å². The summed E-state index contributed by atoms with van der Waals surface area (Å²) in [6.45, 7) is 0. The number of alkyl halides is 3. The van der Waals surface area contributed by atoms with Gasteiger partial charge in [-0.2, -0.15) is 13.2 Å². The molecule has 0 radical (unpaired) electrons. The Bertz CT molecular complexity index is 808. The zero-order chi connectivity index (χ0) is 17.3. The van der Waals surface area contributed by atoms with E-state index in [1.165, 1.54) is 0 Å². The Morgan fingerprint density at radius 2 is 1.65 bits per heavy atom. The molecule has 0 amide bonds. The predicted molar refractivity (Wildman–Crippen MR) is 80.6 cm³/mol. The summed E-state index contributed by atoms with van der Waals surface area (Å²) in [7, 11) is -4.00. The lowest BCUT2D eigenvalue weighted by Crippen LogP contribution is -2.13. The number of rotatable bonds is 4. The molecule has 0 atom stereocenters. The second-order valence-corrected chi connectivity index (χ2v) is 7.45. The molecule has 2 rings (SSSR count). The Morgan fingerprint density at radius 3 is 2.17 bits per heavy atom. The highest BCUT2D eigenvalue weighted by Gasteiger charge is 2.30. The minimum Gasteiger partial charge on any atom is -0.280 e. The van der Waals surface area contributed by atoms with Gasteiger partial charge in [0.05, 0.1) is 15.6 Å². The van der Waals surface area contributed by atoms with E-state index in [0.717, 1.165) is 42.5 Å². The third-order valence-electron chi connectivity index (χ3n) is 2.53. The van der Waals surface area contributed by atoms with E-state index in [9.17, 15) is 26.0 Å². The van der Waals surface area contributed by atoms with Gasteiger partial charge in [-0.05, 0) is 54.2 Å². The molecule has 0 fully saturated rings. The standard InChI is InChI=1S/C13H8ClF4NO2S2/c14-11-7-9(3-6-12(11)22-13(16,17)18)19-23(20,21)10-4-1-8(15)2-5-10/h1-7,19H. The van der Waals surface area contributed by atoms with Gasteiger partial charge in [-0.3, -0.25) is 4.72 Å². The molecule has 23 heavy (non-hydrogen) atoms. The minimum atomic E-state index is -4.50. The Kier molecular flexibility index (Phi) is 5.12. The Balaban J connectivity index is 2.23. The monoisotopic (exact) mass is 385 g/mol. The molecule has 10 heteroatoms. The Hall–Kier alpha value is -1.45. The van der Waals surface area contributed by atoms with Crippen molar-refractivity contribution in [2.45, 2.75) is 15.3 Å². The predicted octanol–water partition coefficient (Wildman–Crippen LogP) is 4.89. The van der Waals surface area contributed by atoms with E-state index in [0.29, 0.717) is 0 Å².